The van der Waals surface area contributed by atoms with Gasteiger partial charge < -0.3 is 9.47 Å². The van der Waals surface area contributed by atoms with Gasteiger partial charge in [-0.05, 0) is 73.0 Å². The maximum Gasteiger partial charge on any atom is 0.155 e. The minimum Gasteiger partial charge on any atom is -0.457 e. The molecule has 33 heavy (non-hydrogen) atoms. The second-order valence-electron chi connectivity index (χ2n) is 7.53. The summed E-state index contributed by atoms with van der Waals surface area (Å²) >= 11 is 0. The monoisotopic (exact) mass is 435 g/mol. The van der Waals surface area contributed by atoms with Gasteiger partial charge in [-0.3, -0.25) is 9.78 Å². The zero-order chi connectivity index (χ0) is 22.9. The zero-order valence-corrected chi connectivity index (χ0v) is 18.5. The molecule has 0 radical (unpaired) electrons. The van der Waals surface area contributed by atoms with Crippen LogP contribution in [-0.2, 0) is 11.2 Å². The summed E-state index contributed by atoms with van der Waals surface area (Å²) in [5.41, 5.74) is 2.99. The van der Waals surface area contributed by atoms with Crippen molar-refractivity contribution in [3.05, 3.63) is 115 Å². The maximum absolute atomic E-state index is 11.8. The van der Waals surface area contributed by atoms with Crippen molar-refractivity contribution in [3.8, 4) is 34.1 Å². The van der Waals surface area contributed by atoms with Crippen LogP contribution in [0.15, 0.2) is 109 Å². The molecular weight excluding hydrogens is 410 g/mol. The largest absolute Gasteiger partial charge is 0.457 e. The second-order valence-corrected chi connectivity index (χ2v) is 7.53. The number of hydrogen-bond acceptors (Lipinski definition) is 4. The van der Waals surface area contributed by atoms with Crippen LogP contribution in [0.3, 0.4) is 0 Å². The molecule has 0 saturated carbocycles. The van der Waals surface area contributed by atoms with Crippen LogP contribution in [-0.4, -0.2) is 10.8 Å². The molecule has 0 atom stereocenters. The Morgan fingerprint density at radius 1 is 0.848 bits per heavy atom. The number of aryl methyl sites for hydroxylation is 1. The molecule has 0 amide bonds. The number of carbonyl (C=O) groups is 1. The molecule has 4 heteroatoms. The number of ether oxygens (including phenoxy) is 2. The average Bonchev–Trinajstić information content (AvgIpc) is 2.85. The van der Waals surface area contributed by atoms with Gasteiger partial charge in [0.15, 0.2) is 5.78 Å². The maximum atomic E-state index is 11.8. The Bertz CT molecular complexity index is 1230. The van der Waals surface area contributed by atoms with E-state index < -0.39 is 0 Å². The molecule has 0 fully saturated rings. The zero-order valence-electron chi connectivity index (χ0n) is 18.5. The van der Waals surface area contributed by atoms with Crippen molar-refractivity contribution in [1.82, 2.24) is 4.98 Å². The van der Waals surface area contributed by atoms with Crippen LogP contribution in [0.1, 0.15) is 18.9 Å². The molecule has 4 rings (SSSR count). The lowest BCUT2D eigenvalue weighted by molar-refractivity contribution is -0.114. The molecule has 1 aromatic heterocycles. The quantitative estimate of drug-likeness (QED) is 0.257. The van der Waals surface area contributed by atoms with Crippen LogP contribution in [0.5, 0.6) is 23.0 Å². The predicted molar refractivity (Wildman–Crippen MR) is 131 cm³/mol. The molecule has 4 nitrogen and oxygen atoms in total. The lowest BCUT2D eigenvalue weighted by atomic mass is 10.0. The molecule has 1 heterocycles. The molecule has 0 unspecified atom stereocenters. The van der Waals surface area contributed by atoms with Gasteiger partial charge in [0.05, 0.1) is 0 Å². The first-order valence-corrected chi connectivity index (χ1v) is 10.9. The van der Waals surface area contributed by atoms with E-state index in [9.17, 15) is 4.79 Å². The van der Waals surface area contributed by atoms with Crippen LogP contribution in [0.2, 0.25) is 0 Å². The van der Waals surface area contributed by atoms with Crippen LogP contribution in [0.4, 0.5) is 0 Å². The van der Waals surface area contributed by atoms with Gasteiger partial charge in [-0.15, -0.1) is 0 Å². The first-order valence-electron chi connectivity index (χ1n) is 10.9. The van der Waals surface area contributed by atoms with E-state index in [0.717, 1.165) is 28.2 Å². The summed E-state index contributed by atoms with van der Waals surface area (Å²) in [6, 6.07) is 27.2. The van der Waals surface area contributed by atoms with Crippen molar-refractivity contribution in [1.29, 1.82) is 0 Å². The highest BCUT2D eigenvalue weighted by Gasteiger charge is 2.09. The van der Waals surface area contributed by atoms with Crippen LogP contribution in [0.25, 0.3) is 11.1 Å². The molecule has 0 saturated heterocycles. The number of aromatic nitrogens is 1. The van der Waals surface area contributed by atoms with Crippen molar-refractivity contribution >= 4 is 5.78 Å². The van der Waals surface area contributed by atoms with Gasteiger partial charge in [-0.2, -0.15) is 0 Å². The number of hydrogen-bond donors (Lipinski definition) is 0. The minimum absolute atomic E-state index is 0.132. The highest BCUT2D eigenvalue weighted by molar-refractivity contribution is 5.89. The predicted octanol–water partition coefficient (Wildman–Crippen LogP) is 7.41. The fraction of sp³-hybridized carbons (Fsp3) is 0.103. The van der Waals surface area contributed by atoms with Crippen molar-refractivity contribution < 1.29 is 14.3 Å². The number of allylic oxidation sites excluding steroid dienone is 2. The number of para-hydroxylation sites is 1. The van der Waals surface area contributed by atoms with Gasteiger partial charge in [0.25, 0.3) is 0 Å². The molecule has 4 aromatic rings. The lowest BCUT2D eigenvalue weighted by Crippen LogP contribution is -1.96. The Balaban J connectivity index is 1.49. The first-order chi connectivity index (χ1) is 16.2. The molecule has 0 aliphatic carbocycles. The molecule has 164 valence electrons. The minimum atomic E-state index is 0.132. The summed E-state index contributed by atoms with van der Waals surface area (Å²) in [6.07, 6.45) is 8.08. The number of nitrogens with zero attached hydrogens (tertiary/aromatic N) is 1. The summed E-state index contributed by atoms with van der Waals surface area (Å²) in [5.74, 6) is 3.08. The molecule has 0 aliphatic rings. The molecule has 0 N–H and O–H groups in total. The number of pyridine rings is 1. The molecule has 0 aliphatic heterocycles. The fourth-order valence-electron chi connectivity index (χ4n) is 3.45. The molecule has 0 spiro atoms. The SMILES string of the molecule is C/C=C/C(=O)CCc1cccc(-c2cnccc2Oc2ccc(Oc3ccccc3)cc2)c1. The van der Waals surface area contributed by atoms with E-state index in [2.05, 4.69) is 11.1 Å². The summed E-state index contributed by atoms with van der Waals surface area (Å²) in [7, 11) is 0. The topological polar surface area (TPSA) is 48.4 Å². The van der Waals surface area contributed by atoms with Crippen LogP contribution in [0, 0.1) is 0 Å². The summed E-state index contributed by atoms with van der Waals surface area (Å²) in [4.78, 5) is 16.1. The summed E-state index contributed by atoms with van der Waals surface area (Å²) in [5, 5.41) is 0. The highest BCUT2D eigenvalue weighted by Crippen LogP contribution is 2.34. The highest BCUT2D eigenvalue weighted by atomic mass is 16.5. The third-order valence-electron chi connectivity index (χ3n) is 5.06. The van der Waals surface area contributed by atoms with Crippen molar-refractivity contribution in [3.63, 3.8) is 0 Å². The summed E-state index contributed by atoms with van der Waals surface area (Å²) < 4.78 is 12.0. The summed E-state index contributed by atoms with van der Waals surface area (Å²) in [6.45, 7) is 1.85. The van der Waals surface area contributed by atoms with E-state index in [4.69, 9.17) is 9.47 Å². The van der Waals surface area contributed by atoms with E-state index in [-0.39, 0.29) is 5.78 Å². The number of ketones is 1. The number of rotatable bonds is 9. The average molecular weight is 436 g/mol. The van der Waals surface area contributed by atoms with Crippen molar-refractivity contribution in [2.24, 2.45) is 0 Å². The molecular formula is C29H25NO3. The van der Waals surface area contributed by atoms with Crippen LogP contribution >= 0.6 is 0 Å². The van der Waals surface area contributed by atoms with Gasteiger partial charge in [-0.1, -0.05) is 48.5 Å². The van der Waals surface area contributed by atoms with E-state index in [1.54, 1.807) is 24.5 Å². The normalized spacial score (nSPS) is 10.8. The number of benzene rings is 3. The van der Waals surface area contributed by atoms with E-state index >= 15 is 0 Å². The first kappa shape index (κ1) is 22.0. The van der Waals surface area contributed by atoms with Gasteiger partial charge in [0.1, 0.15) is 23.0 Å². The van der Waals surface area contributed by atoms with E-state index in [0.29, 0.717) is 24.3 Å². The van der Waals surface area contributed by atoms with Gasteiger partial charge in [0.2, 0.25) is 0 Å². The Labute approximate surface area is 194 Å². The third-order valence-corrected chi connectivity index (χ3v) is 5.06. The lowest BCUT2D eigenvalue weighted by Gasteiger charge is -2.12. The fourth-order valence-corrected chi connectivity index (χ4v) is 3.45. The molecule has 3 aromatic carbocycles. The van der Waals surface area contributed by atoms with Crippen molar-refractivity contribution in [2.45, 2.75) is 19.8 Å². The Morgan fingerprint density at radius 3 is 2.33 bits per heavy atom. The molecule has 0 bridgehead atoms. The Hall–Kier alpha value is -4.18. The van der Waals surface area contributed by atoms with Crippen LogP contribution < -0.4 is 9.47 Å². The standard InChI is InChI=1S/C29H25NO3/c1-2-7-24(31)13-12-22-8-6-9-23(20-22)28-21-30-19-18-29(28)33-27-16-14-26(15-17-27)32-25-10-4-3-5-11-25/h2-11,14-21H,12-13H2,1H3/b7-2+. The van der Waals surface area contributed by atoms with Gasteiger partial charge >= 0.3 is 0 Å². The second kappa shape index (κ2) is 10.9. The van der Waals surface area contributed by atoms with Crippen molar-refractivity contribution in [2.75, 3.05) is 0 Å². The van der Waals surface area contributed by atoms with Gasteiger partial charge in [0, 0.05) is 24.4 Å². The smallest absolute Gasteiger partial charge is 0.155 e. The Kier molecular flexibility index (Phi) is 7.29. The van der Waals surface area contributed by atoms with E-state index in [1.165, 1.54) is 0 Å². The van der Waals surface area contributed by atoms with E-state index in [1.807, 2.05) is 85.8 Å². The third kappa shape index (κ3) is 6.17. The van der Waals surface area contributed by atoms with Gasteiger partial charge in [-0.25, -0.2) is 0 Å². The number of carbonyl (C=O) groups excluding carboxylic acids is 1. The Morgan fingerprint density at radius 2 is 1.58 bits per heavy atom.